The minimum absolute atomic E-state index is 0.00280. The van der Waals surface area contributed by atoms with Crippen molar-refractivity contribution in [2.24, 2.45) is 0 Å². The Kier molecular flexibility index (Phi) is 5.94. The van der Waals surface area contributed by atoms with E-state index in [2.05, 4.69) is 0 Å². The number of amides is 1. The molecule has 2 aromatic rings. The standard InChI is InChI=1S/C19H20FN3O5S/c1-14-13-15(23(25)26)7-8-18(14)29(27,28)22-10-4-9-21(11-12-22)19(24)16-5-2-3-6-17(16)20/h2-3,5-8,13H,4,9-12H2,1H3. The number of carbonyl (C=O) groups is 1. The first kappa shape index (κ1) is 20.9. The number of aryl methyl sites for hydroxylation is 1. The van der Waals surface area contributed by atoms with Gasteiger partial charge in [0.2, 0.25) is 10.0 Å². The molecule has 0 unspecified atom stereocenters. The first-order chi connectivity index (χ1) is 13.7. The van der Waals surface area contributed by atoms with E-state index < -0.39 is 26.7 Å². The quantitative estimate of drug-likeness (QED) is 0.558. The molecule has 29 heavy (non-hydrogen) atoms. The van der Waals surface area contributed by atoms with Crippen molar-refractivity contribution in [3.05, 3.63) is 69.5 Å². The van der Waals surface area contributed by atoms with Gasteiger partial charge in [-0.1, -0.05) is 12.1 Å². The molecule has 0 N–H and O–H groups in total. The minimum Gasteiger partial charge on any atom is -0.337 e. The van der Waals surface area contributed by atoms with Crippen LogP contribution >= 0.6 is 0 Å². The molecule has 154 valence electrons. The largest absolute Gasteiger partial charge is 0.337 e. The molecule has 0 radical (unpaired) electrons. The number of benzene rings is 2. The molecule has 3 rings (SSSR count). The van der Waals surface area contributed by atoms with Crippen molar-refractivity contribution in [1.82, 2.24) is 9.21 Å². The number of nitro groups is 1. The monoisotopic (exact) mass is 421 g/mol. The Morgan fingerprint density at radius 2 is 1.83 bits per heavy atom. The molecule has 8 nitrogen and oxygen atoms in total. The van der Waals surface area contributed by atoms with Gasteiger partial charge < -0.3 is 4.90 Å². The summed E-state index contributed by atoms with van der Waals surface area (Å²) >= 11 is 0. The number of sulfonamides is 1. The third-order valence-corrected chi connectivity index (χ3v) is 6.89. The maximum atomic E-state index is 13.9. The zero-order chi connectivity index (χ0) is 21.2. The first-order valence-corrected chi connectivity index (χ1v) is 10.4. The van der Waals surface area contributed by atoms with Crippen LogP contribution in [0.25, 0.3) is 0 Å². The van der Waals surface area contributed by atoms with Crippen molar-refractivity contribution < 1.29 is 22.5 Å². The smallest absolute Gasteiger partial charge is 0.269 e. The van der Waals surface area contributed by atoms with Crippen LogP contribution in [0.1, 0.15) is 22.3 Å². The molecular formula is C19H20FN3O5S. The summed E-state index contributed by atoms with van der Waals surface area (Å²) in [6, 6.07) is 9.29. The van der Waals surface area contributed by atoms with E-state index in [0.29, 0.717) is 13.0 Å². The Morgan fingerprint density at radius 1 is 1.10 bits per heavy atom. The molecule has 1 saturated heterocycles. The summed E-state index contributed by atoms with van der Waals surface area (Å²) in [5.74, 6) is -1.10. The van der Waals surface area contributed by atoms with E-state index in [-0.39, 0.29) is 41.3 Å². The summed E-state index contributed by atoms with van der Waals surface area (Å²) in [4.78, 5) is 24.3. The van der Waals surface area contributed by atoms with Gasteiger partial charge in [0.15, 0.2) is 0 Å². The fourth-order valence-electron chi connectivity index (χ4n) is 3.32. The first-order valence-electron chi connectivity index (χ1n) is 9.01. The van der Waals surface area contributed by atoms with Gasteiger partial charge in [0, 0.05) is 38.3 Å². The summed E-state index contributed by atoms with van der Waals surface area (Å²) in [7, 11) is -3.88. The van der Waals surface area contributed by atoms with Crippen LogP contribution in [0.15, 0.2) is 47.4 Å². The molecule has 0 bridgehead atoms. The van der Waals surface area contributed by atoms with Crippen LogP contribution in [0.2, 0.25) is 0 Å². The molecule has 1 heterocycles. The van der Waals surface area contributed by atoms with Crippen LogP contribution in [0, 0.1) is 22.9 Å². The third-order valence-electron chi connectivity index (χ3n) is 4.83. The fourth-order valence-corrected chi connectivity index (χ4v) is 4.99. The Labute approximate surface area is 167 Å². The van der Waals surface area contributed by atoms with Crippen molar-refractivity contribution >= 4 is 21.6 Å². The lowest BCUT2D eigenvalue weighted by Crippen LogP contribution is -2.37. The van der Waals surface area contributed by atoms with Crippen molar-refractivity contribution in [3.63, 3.8) is 0 Å². The van der Waals surface area contributed by atoms with Crippen molar-refractivity contribution in [2.45, 2.75) is 18.2 Å². The van der Waals surface area contributed by atoms with Gasteiger partial charge >= 0.3 is 0 Å². The molecule has 2 aromatic carbocycles. The van der Waals surface area contributed by atoms with E-state index >= 15 is 0 Å². The molecule has 0 atom stereocenters. The highest BCUT2D eigenvalue weighted by atomic mass is 32.2. The second kappa shape index (κ2) is 8.26. The van der Waals surface area contributed by atoms with Gasteiger partial charge in [0.05, 0.1) is 15.4 Å². The Hall–Kier alpha value is -2.85. The third kappa shape index (κ3) is 4.28. The number of hydrogen-bond acceptors (Lipinski definition) is 5. The normalized spacial score (nSPS) is 15.7. The number of halogens is 1. The highest BCUT2D eigenvalue weighted by Gasteiger charge is 2.30. The van der Waals surface area contributed by atoms with E-state index in [9.17, 15) is 27.7 Å². The Bertz CT molecular complexity index is 1060. The zero-order valence-corrected chi connectivity index (χ0v) is 16.6. The van der Waals surface area contributed by atoms with Gasteiger partial charge in [-0.25, -0.2) is 12.8 Å². The molecule has 1 aliphatic heterocycles. The molecular weight excluding hydrogens is 401 g/mol. The molecule has 1 aliphatic rings. The zero-order valence-electron chi connectivity index (χ0n) is 15.7. The van der Waals surface area contributed by atoms with E-state index in [0.717, 1.165) is 6.07 Å². The van der Waals surface area contributed by atoms with E-state index in [1.807, 2.05) is 0 Å². The maximum Gasteiger partial charge on any atom is 0.269 e. The van der Waals surface area contributed by atoms with Crippen LogP contribution in [0.3, 0.4) is 0 Å². The molecule has 1 fully saturated rings. The number of rotatable bonds is 4. The predicted molar refractivity (Wildman–Crippen MR) is 104 cm³/mol. The highest BCUT2D eigenvalue weighted by molar-refractivity contribution is 7.89. The van der Waals surface area contributed by atoms with Gasteiger partial charge in [-0.2, -0.15) is 4.31 Å². The van der Waals surface area contributed by atoms with E-state index in [1.165, 1.54) is 46.5 Å². The van der Waals surface area contributed by atoms with Gasteiger partial charge in [0.25, 0.3) is 11.6 Å². The van der Waals surface area contributed by atoms with Crippen molar-refractivity contribution in [2.75, 3.05) is 26.2 Å². The average molecular weight is 421 g/mol. The molecule has 10 heteroatoms. The summed E-state index contributed by atoms with van der Waals surface area (Å²) < 4.78 is 41.2. The highest BCUT2D eigenvalue weighted by Crippen LogP contribution is 2.25. The Balaban J connectivity index is 1.79. The van der Waals surface area contributed by atoms with Crippen molar-refractivity contribution in [1.29, 1.82) is 0 Å². The second-order valence-electron chi connectivity index (χ2n) is 6.74. The van der Waals surface area contributed by atoms with Crippen LogP contribution in [0.4, 0.5) is 10.1 Å². The average Bonchev–Trinajstić information content (AvgIpc) is 2.94. The molecule has 0 spiro atoms. The number of nitro benzene ring substituents is 1. The molecule has 0 saturated carbocycles. The van der Waals surface area contributed by atoms with E-state index in [4.69, 9.17) is 0 Å². The maximum absolute atomic E-state index is 13.9. The number of carbonyl (C=O) groups excluding carboxylic acids is 1. The topological polar surface area (TPSA) is 101 Å². The summed E-state index contributed by atoms with van der Waals surface area (Å²) in [5.41, 5.74) is 0.0525. The van der Waals surface area contributed by atoms with E-state index in [1.54, 1.807) is 6.07 Å². The Morgan fingerprint density at radius 3 is 2.48 bits per heavy atom. The molecule has 0 aliphatic carbocycles. The molecule has 1 amide bonds. The summed E-state index contributed by atoms with van der Waals surface area (Å²) in [5, 5.41) is 10.9. The fraction of sp³-hybridized carbons (Fsp3) is 0.316. The van der Waals surface area contributed by atoms with Crippen LogP contribution in [-0.2, 0) is 10.0 Å². The number of hydrogen-bond donors (Lipinski definition) is 0. The second-order valence-corrected chi connectivity index (χ2v) is 8.64. The minimum atomic E-state index is -3.88. The summed E-state index contributed by atoms with van der Waals surface area (Å²) in [6.07, 6.45) is 0.394. The van der Waals surface area contributed by atoms with Crippen LogP contribution < -0.4 is 0 Å². The lowest BCUT2D eigenvalue weighted by Gasteiger charge is -2.22. The van der Waals surface area contributed by atoms with Gasteiger partial charge in [-0.15, -0.1) is 0 Å². The van der Waals surface area contributed by atoms with Crippen LogP contribution in [0.5, 0.6) is 0 Å². The van der Waals surface area contributed by atoms with Crippen molar-refractivity contribution in [3.8, 4) is 0 Å². The number of non-ortho nitro benzene ring substituents is 1. The SMILES string of the molecule is Cc1cc([N+](=O)[O-])ccc1S(=O)(=O)N1CCCN(C(=O)c2ccccc2F)CC1. The van der Waals surface area contributed by atoms with Crippen LogP contribution in [-0.4, -0.2) is 54.6 Å². The predicted octanol–water partition coefficient (Wildman–Crippen LogP) is 2.58. The van der Waals surface area contributed by atoms with Gasteiger partial charge in [0.1, 0.15) is 5.82 Å². The van der Waals surface area contributed by atoms with Gasteiger partial charge in [-0.05, 0) is 37.1 Å². The number of nitrogens with zero attached hydrogens (tertiary/aromatic N) is 3. The summed E-state index contributed by atoms with van der Waals surface area (Å²) in [6.45, 7) is 2.18. The van der Waals surface area contributed by atoms with Gasteiger partial charge in [-0.3, -0.25) is 14.9 Å². The lowest BCUT2D eigenvalue weighted by molar-refractivity contribution is -0.385. The lowest BCUT2D eigenvalue weighted by atomic mass is 10.2. The molecule has 0 aromatic heterocycles.